The maximum atomic E-state index is 11.9. The van der Waals surface area contributed by atoms with Crippen molar-refractivity contribution in [3.05, 3.63) is 29.6 Å². The number of benzene rings is 1. The Hall–Kier alpha value is -1.96. The number of carbonyl (C=O) groups excluding carboxylic acids is 1. The van der Waals surface area contributed by atoms with Crippen molar-refractivity contribution in [3.63, 3.8) is 0 Å². The van der Waals surface area contributed by atoms with E-state index in [4.69, 9.17) is 14.7 Å². The normalized spacial score (nSPS) is 18.2. The van der Waals surface area contributed by atoms with E-state index < -0.39 is 0 Å². The molecule has 0 radical (unpaired) electrons. The number of aromatic nitrogens is 2. The molecule has 1 aliphatic heterocycles. The first kappa shape index (κ1) is 15.9. The summed E-state index contributed by atoms with van der Waals surface area (Å²) in [6, 6.07) is 5.24. The van der Waals surface area contributed by atoms with Gasteiger partial charge >= 0.3 is 0 Å². The van der Waals surface area contributed by atoms with E-state index in [0.717, 1.165) is 42.7 Å². The summed E-state index contributed by atoms with van der Waals surface area (Å²) in [5.74, 6) is 0.521. The predicted molar refractivity (Wildman–Crippen MR) is 83.9 cm³/mol. The minimum Gasteiger partial charge on any atom is -0.394 e. The number of nitrogens with one attached hydrogen (secondary N) is 2. The second-order valence-corrected chi connectivity index (χ2v) is 5.61. The van der Waals surface area contributed by atoms with Crippen LogP contribution in [-0.4, -0.2) is 46.9 Å². The first-order chi connectivity index (χ1) is 11.3. The highest BCUT2D eigenvalue weighted by molar-refractivity contribution is 5.96. The lowest BCUT2D eigenvalue weighted by Crippen LogP contribution is -2.25. The van der Waals surface area contributed by atoms with Crippen molar-refractivity contribution in [1.29, 1.82) is 0 Å². The Kier molecular flexibility index (Phi) is 5.22. The van der Waals surface area contributed by atoms with Crippen LogP contribution >= 0.6 is 0 Å². The Morgan fingerprint density at radius 3 is 3.17 bits per heavy atom. The molecule has 7 nitrogen and oxygen atoms in total. The molecule has 0 saturated carbocycles. The molecule has 1 atom stereocenters. The molecule has 1 amide bonds. The molecular formula is C16H21N3O4. The van der Waals surface area contributed by atoms with Gasteiger partial charge in [-0.1, -0.05) is 0 Å². The lowest BCUT2D eigenvalue weighted by molar-refractivity contribution is 0.0157. The number of nitrogens with zero attached hydrogens (tertiary/aromatic N) is 1. The molecule has 0 aliphatic carbocycles. The fourth-order valence-corrected chi connectivity index (χ4v) is 2.71. The number of aliphatic hydroxyl groups excluding tert-OH is 1. The molecule has 1 saturated heterocycles. The van der Waals surface area contributed by atoms with Crippen LogP contribution in [0.5, 0.6) is 0 Å². The van der Waals surface area contributed by atoms with E-state index in [1.165, 1.54) is 6.42 Å². The quantitative estimate of drug-likeness (QED) is 0.551. The first-order valence-electron chi connectivity index (χ1n) is 7.89. The van der Waals surface area contributed by atoms with Crippen LogP contribution in [0.4, 0.5) is 0 Å². The second-order valence-electron chi connectivity index (χ2n) is 5.61. The number of fused-ring (bicyclic) bond motifs is 1. The van der Waals surface area contributed by atoms with E-state index in [1.807, 2.05) is 0 Å². The molecule has 2 heterocycles. The first-order valence-corrected chi connectivity index (χ1v) is 7.89. The van der Waals surface area contributed by atoms with Gasteiger partial charge in [0.25, 0.3) is 5.91 Å². The van der Waals surface area contributed by atoms with Gasteiger partial charge in [0.15, 0.2) is 0 Å². The van der Waals surface area contributed by atoms with Crippen LogP contribution in [0.3, 0.4) is 0 Å². The third-order valence-electron chi connectivity index (χ3n) is 3.85. The third-order valence-corrected chi connectivity index (χ3v) is 3.85. The minimum atomic E-state index is -0.355. The number of H-pyrrole nitrogens is 1. The highest BCUT2D eigenvalue weighted by Gasteiger charge is 2.17. The summed E-state index contributed by atoms with van der Waals surface area (Å²) in [6.07, 6.45) is 4.37. The molecule has 1 aromatic carbocycles. The Bertz CT molecular complexity index is 664. The van der Waals surface area contributed by atoms with Gasteiger partial charge in [0, 0.05) is 18.6 Å². The largest absolute Gasteiger partial charge is 0.394 e. The molecule has 0 bridgehead atoms. The number of hydrogen-bond acceptors (Lipinski definition) is 5. The zero-order valence-corrected chi connectivity index (χ0v) is 12.9. The molecule has 1 fully saturated rings. The van der Waals surface area contributed by atoms with Crippen LogP contribution in [0.25, 0.3) is 11.0 Å². The van der Waals surface area contributed by atoms with Crippen LogP contribution in [-0.2, 0) is 16.0 Å². The number of hydrogen-bond donors (Lipinski definition) is 3. The molecule has 1 aromatic heterocycles. The van der Waals surface area contributed by atoms with Crippen molar-refractivity contribution in [2.75, 3.05) is 19.8 Å². The van der Waals surface area contributed by atoms with Gasteiger partial charge < -0.3 is 14.8 Å². The fourth-order valence-electron chi connectivity index (χ4n) is 2.71. The van der Waals surface area contributed by atoms with E-state index in [9.17, 15) is 4.79 Å². The molecule has 124 valence electrons. The lowest BCUT2D eigenvalue weighted by atomic mass is 10.1. The van der Waals surface area contributed by atoms with E-state index in [-0.39, 0.29) is 25.2 Å². The van der Waals surface area contributed by atoms with Gasteiger partial charge in [-0.05, 0) is 37.5 Å². The molecule has 7 heteroatoms. The topological polar surface area (TPSA) is 96.5 Å². The van der Waals surface area contributed by atoms with Gasteiger partial charge in [0.2, 0.25) is 0 Å². The van der Waals surface area contributed by atoms with Gasteiger partial charge in [0.1, 0.15) is 5.82 Å². The average Bonchev–Trinajstić information content (AvgIpc) is 2.97. The molecule has 2 aromatic rings. The summed E-state index contributed by atoms with van der Waals surface area (Å²) in [4.78, 5) is 24.5. The van der Waals surface area contributed by atoms with E-state index >= 15 is 0 Å². The Balaban J connectivity index is 1.68. The second kappa shape index (κ2) is 7.54. The smallest absolute Gasteiger partial charge is 0.274 e. The molecule has 3 N–H and O–H groups in total. The number of amides is 1. The van der Waals surface area contributed by atoms with E-state index in [0.29, 0.717) is 5.56 Å². The van der Waals surface area contributed by atoms with Crippen LogP contribution in [0.15, 0.2) is 18.2 Å². The monoisotopic (exact) mass is 319 g/mol. The fraction of sp³-hybridized carbons (Fsp3) is 0.500. The zero-order chi connectivity index (χ0) is 16.1. The Morgan fingerprint density at radius 1 is 1.48 bits per heavy atom. The summed E-state index contributed by atoms with van der Waals surface area (Å²) in [7, 11) is 0. The van der Waals surface area contributed by atoms with Gasteiger partial charge in [-0.25, -0.2) is 10.5 Å². The van der Waals surface area contributed by atoms with Crippen LogP contribution in [0.2, 0.25) is 0 Å². The standard InChI is InChI=1S/C16H21N3O4/c20-6-8-23-19-16(21)11-4-5-13-14(9-11)18-15(17-13)10-12-3-1-2-7-22-12/h4-5,9,12,20H,1-3,6-8,10H2,(H,17,18)(H,19,21). The number of imidazole rings is 1. The van der Waals surface area contributed by atoms with Crippen molar-refractivity contribution in [2.24, 2.45) is 0 Å². The molecular weight excluding hydrogens is 298 g/mol. The number of rotatable bonds is 6. The Labute approximate surface area is 134 Å². The number of hydroxylamine groups is 1. The van der Waals surface area contributed by atoms with Crippen LogP contribution in [0, 0.1) is 0 Å². The number of carbonyl (C=O) groups is 1. The molecule has 23 heavy (non-hydrogen) atoms. The molecule has 1 unspecified atom stereocenters. The number of ether oxygens (including phenoxy) is 1. The van der Waals surface area contributed by atoms with Crippen LogP contribution in [0.1, 0.15) is 35.4 Å². The number of aromatic amines is 1. The van der Waals surface area contributed by atoms with Gasteiger partial charge in [0.05, 0.1) is 30.4 Å². The highest BCUT2D eigenvalue weighted by Crippen LogP contribution is 2.19. The third kappa shape index (κ3) is 4.07. The highest BCUT2D eigenvalue weighted by atomic mass is 16.7. The van der Waals surface area contributed by atoms with Crippen molar-refractivity contribution in [1.82, 2.24) is 15.4 Å². The minimum absolute atomic E-state index is 0.0591. The van der Waals surface area contributed by atoms with Crippen molar-refractivity contribution in [2.45, 2.75) is 31.8 Å². The van der Waals surface area contributed by atoms with E-state index in [2.05, 4.69) is 15.4 Å². The summed E-state index contributed by atoms with van der Waals surface area (Å²) in [5, 5.41) is 8.63. The summed E-state index contributed by atoms with van der Waals surface area (Å²) < 4.78 is 5.73. The zero-order valence-electron chi connectivity index (χ0n) is 12.9. The summed E-state index contributed by atoms with van der Waals surface area (Å²) in [6.45, 7) is 0.735. The molecule has 0 spiro atoms. The van der Waals surface area contributed by atoms with Gasteiger partial charge in [-0.3, -0.25) is 9.63 Å². The lowest BCUT2D eigenvalue weighted by Gasteiger charge is -2.21. The summed E-state index contributed by atoms with van der Waals surface area (Å²) in [5.41, 5.74) is 4.39. The Morgan fingerprint density at radius 2 is 2.39 bits per heavy atom. The van der Waals surface area contributed by atoms with Crippen molar-refractivity contribution < 1.29 is 19.5 Å². The molecule has 1 aliphatic rings. The maximum Gasteiger partial charge on any atom is 0.274 e. The van der Waals surface area contributed by atoms with E-state index in [1.54, 1.807) is 18.2 Å². The average molecular weight is 319 g/mol. The van der Waals surface area contributed by atoms with Crippen LogP contribution < -0.4 is 5.48 Å². The number of aliphatic hydroxyl groups is 1. The van der Waals surface area contributed by atoms with Gasteiger partial charge in [-0.2, -0.15) is 0 Å². The summed E-state index contributed by atoms with van der Waals surface area (Å²) >= 11 is 0. The van der Waals surface area contributed by atoms with Crippen molar-refractivity contribution >= 4 is 16.9 Å². The maximum absolute atomic E-state index is 11.9. The SMILES string of the molecule is O=C(NOCCO)c1ccc2nc(CC3CCCCO3)[nH]c2c1. The predicted octanol–water partition coefficient (Wildman–Crippen LogP) is 1.33. The molecule has 3 rings (SSSR count). The van der Waals surface area contributed by atoms with Crippen molar-refractivity contribution in [3.8, 4) is 0 Å². The van der Waals surface area contributed by atoms with Gasteiger partial charge in [-0.15, -0.1) is 0 Å².